The summed E-state index contributed by atoms with van der Waals surface area (Å²) < 4.78 is 10.4. The van der Waals surface area contributed by atoms with Gasteiger partial charge in [0.2, 0.25) is 0 Å². The van der Waals surface area contributed by atoms with Gasteiger partial charge >= 0.3 is 12.1 Å². The molecule has 1 saturated heterocycles. The Kier molecular flexibility index (Phi) is 4.86. The van der Waals surface area contributed by atoms with Crippen LogP contribution >= 0.6 is 0 Å². The smallest absolute Gasteiger partial charge is 0.411 e. The maximum absolute atomic E-state index is 12.6. The van der Waals surface area contributed by atoms with E-state index in [1.807, 2.05) is 20.8 Å². The first-order chi connectivity index (χ1) is 12.2. The van der Waals surface area contributed by atoms with Crippen molar-refractivity contribution in [3.63, 3.8) is 0 Å². The minimum absolute atomic E-state index is 0.0792. The average molecular weight is 360 g/mol. The summed E-state index contributed by atoms with van der Waals surface area (Å²) in [4.78, 5) is 28.7. The highest BCUT2D eigenvalue weighted by atomic mass is 16.6. The molecule has 2 atom stereocenters. The van der Waals surface area contributed by atoms with E-state index in [9.17, 15) is 9.59 Å². The Morgan fingerprint density at radius 1 is 1.23 bits per heavy atom. The number of hydrogen-bond donors (Lipinski definition) is 0. The van der Waals surface area contributed by atoms with Crippen molar-refractivity contribution >= 4 is 17.7 Å². The van der Waals surface area contributed by atoms with E-state index in [-0.39, 0.29) is 12.0 Å². The fourth-order valence-electron chi connectivity index (χ4n) is 3.86. The summed E-state index contributed by atoms with van der Waals surface area (Å²) in [6.07, 6.45) is 1.08. The van der Waals surface area contributed by atoms with Crippen molar-refractivity contribution in [3.8, 4) is 0 Å². The van der Waals surface area contributed by atoms with E-state index >= 15 is 0 Å². The lowest BCUT2D eigenvalue weighted by Crippen LogP contribution is -2.44. The first kappa shape index (κ1) is 18.5. The van der Waals surface area contributed by atoms with Gasteiger partial charge in [-0.3, -0.25) is 4.90 Å². The summed E-state index contributed by atoms with van der Waals surface area (Å²) in [5.41, 5.74) is 3.18. The number of carbonyl (C=O) groups is 2. The first-order valence-electron chi connectivity index (χ1n) is 9.13. The van der Waals surface area contributed by atoms with Crippen LogP contribution in [0.4, 0.5) is 10.5 Å². The highest BCUT2D eigenvalue weighted by molar-refractivity contribution is 5.82. The van der Waals surface area contributed by atoms with Gasteiger partial charge in [0.15, 0.2) is 0 Å². The summed E-state index contributed by atoms with van der Waals surface area (Å²) in [7, 11) is 1.36. The molecule has 0 spiro atoms. The molecule has 1 amide bonds. The molecule has 0 N–H and O–H groups in total. The van der Waals surface area contributed by atoms with Gasteiger partial charge in [0.1, 0.15) is 11.6 Å². The van der Waals surface area contributed by atoms with Crippen molar-refractivity contribution < 1.29 is 19.1 Å². The van der Waals surface area contributed by atoms with E-state index in [1.54, 1.807) is 0 Å². The number of methoxy groups -OCH3 is 1. The molecular formula is C20H28N2O4. The van der Waals surface area contributed by atoms with E-state index in [0.29, 0.717) is 13.0 Å². The van der Waals surface area contributed by atoms with Gasteiger partial charge in [-0.25, -0.2) is 9.59 Å². The Morgan fingerprint density at radius 2 is 1.96 bits per heavy atom. The van der Waals surface area contributed by atoms with Gasteiger partial charge in [0, 0.05) is 31.2 Å². The van der Waals surface area contributed by atoms with Gasteiger partial charge in [0.25, 0.3) is 0 Å². The molecule has 6 heteroatoms. The second-order valence-corrected chi connectivity index (χ2v) is 8.14. The molecule has 1 fully saturated rings. The molecule has 6 nitrogen and oxygen atoms in total. The van der Waals surface area contributed by atoms with Gasteiger partial charge in [0.05, 0.1) is 7.11 Å². The number of rotatable bonds is 2. The molecule has 0 radical (unpaired) electrons. The number of benzene rings is 1. The SMILES string of the molecule is COC(=O)[C@@H]1CC(N2CCc3cc(C)ccc32)CN1C(=O)OC(C)(C)C. The number of anilines is 1. The average Bonchev–Trinajstić information content (AvgIpc) is 3.15. The van der Waals surface area contributed by atoms with Gasteiger partial charge in [-0.15, -0.1) is 0 Å². The lowest BCUT2D eigenvalue weighted by Gasteiger charge is -2.28. The summed E-state index contributed by atoms with van der Waals surface area (Å²) in [6.45, 7) is 8.93. The van der Waals surface area contributed by atoms with E-state index in [4.69, 9.17) is 9.47 Å². The first-order valence-corrected chi connectivity index (χ1v) is 9.13. The fraction of sp³-hybridized carbons (Fsp3) is 0.600. The van der Waals surface area contributed by atoms with Crippen molar-refractivity contribution in [1.29, 1.82) is 0 Å². The lowest BCUT2D eigenvalue weighted by molar-refractivity contribution is -0.145. The number of aryl methyl sites for hydroxylation is 1. The van der Waals surface area contributed by atoms with Crippen LogP contribution < -0.4 is 4.90 Å². The molecule has 0 aliphatic carbocycles. The topological polar surface area (TPSA) is 59.1 Å². The minimum Gasteiger partial charge on any atom is -0.467 e. The van der Waals surface area contributed by atoms with Gasteiger partial charge in [-0.05, 0) is 45.7 Å². The minimum atomic E-state index is -0.604. The molecule has 2 heterocycles. The zero-order chi connectivity index (χ0) is 19.1. The van der Waals surface area contributed by atoms with Crippen LogP contribution in [0.15, 0.2) is 18.2 Å². The molecule has 2 aliphatic heterocycles. The molecule has 2 aliphatic rings. The number of amides is 1. The predicted molar refractivity (Wildman–Crippen MR) is 99.4 cm³/mol. The van der Waals surface area contributed by atoms with Gasteiger partial charge < -0.3 is 14.4 Å². The second-order valence-electron chi connectivity index (χ2n) is 8.14. The van der Waals surface area contributed by atoms with Crippen LogP contribution in [-0.2, 0) is 20.7 Å². The molecule has 3 rings (SSSR count). The van der Waals surface area contributed by atoms with Crippen LogP contribution in [0.3, 0.4) is 0 Å². The lowest BCUT2D eigenvalue weighted by atomic mass is 10.1. The van der Waals surface area contributed by atoms with Crippen LogP contribution in [0.25, 0.3) is 0 Å². The van der Waals surface area contributed by atoms with Gasteiger partial charge in [-0.1, -0.05) is 17.7 Å². The van der Waals surface area contributed by atoms with Crippen LogP contribution in [0.1, 0.15) is 38.3 Å². The maximum Gasteiger partial charge on any atom is 0.411 e. The van der Waals surface area contributed by atoms with E-state index < -0.39 is 17.7 Å². The van der Waals surface area contributed by atoms with Crippen molar-refractivity contribution in [1.82, 2.24) is 4.90 Å². The Balaban J connectivity index is 1.81. The quantitative estimate of drug-likeness (QED) is 0.759. The van der Waals surface area contributed by atoms with E-state index in [1.165, 1.54) is 28.8 Å². The molecule has 142 valence electrons. The number of nitrogens with zero attached hydrogens (tertiary/aromatic N) is 2. The van der Waals surface area contributed by atoms with Crippen LogP contribution in [0.2, 0.25) is 0 Å². The molecule has 0 saturated carbocycles. The van der Waals surface area contributed by atoms with Crippen molar-refractivity contribution in [2.45, 2.75) is 58.2 Å². The second kappa shape index (κ2) is 6.82. The Bertz CT molecular complexity index is 710. The van der Waals surface area contributed by atoms with Crippen molar-refractivity contribution in [2.75, 3.05) is 25.1 Å². The molecule has 0 bridgehead atoms. The van der Waals surface area contributed by atoms with E-state index in [2.05, 4.69) is 30.0 Å². The number of carbonyl (C=O) groups excluding carboxylic acids is 2. The molecule has 1 aromatic carbocycles. The molecule has 1 unspecified atom stereocenters. The molecule has 0 aromatic heterocycles. The maximum atomic E-state index is 12.6. The number of likely N-dealkylation sites (tertiary alicyclic amines) is 1. The number of fused-ring (bicyclic) bond motifs is 1. The predicted octanol–water partition coefficient (Wildman–Crippen LogP) is 2.91. The molecule has 26 heavy (non-hydrogen) atoms. The van der Waals surface area contributed by atoms with Crippen molar-refractivity contribution in [2.24, 2.45) is 0 Å². The van der Waals surface area contributed by atoms with Gasteiger partial charge in [-0.2, -0.15) is 0 Å². The fourth-order valence-corrected chi connectivity index (χ4v) is 3.86. The molecule has 1 aromatic rings. The number of esters is 1. The third kappa shape index (κ3) is 3.64. The van der Waals surface area contributed by atoms with Crippen LogP contribution in [-0.4, -0.2) is 54.8 Å². The summed E-state index contributed by atoms with van der Waals surface area (Å²) in [5, 5.41) is 0. The summed E-state index contributed by atoms with van der Waals surface area (Å²) >= 11 is 0. The monoisotopic (exact) mass is 360 g/mol. The Labute approximate surface area is 155 Å². The highest BCUT2D eigenvalue weighted by Crippen LogP contribution is 2.35. The van der Waals surface area contributed by atoms with Crippen LogP contribution in [0.5, 0.6) is 0 Å². The third-order valence-corrected chi connectivity index (χ3v) is 4.99. The normalized spacial score (nSPS) is 22.3. The zero-order valence-corrected chi connectivity index (χ0v) is 16.2. The molecular weight excluding hydrogens is 332 g/mol. The number of ether oxygens (including phenoxy) is 2. The van der Waals surface area contributed by atoms with Crippen molar-refractivity contribution in [3.05, 3.63) is 29.3 Å². The third-order valence-electron chi connectivity index (χ3n) is 4.99. The Hall–Kier alpha value is -2.24. The highest BCUT2D eigenvalue weighted by Gasteiger charge is 2.45. The zero-order valence-electron chi connectivity index (χ0n) is 16.2. The van der Waals surface area contributed by atoms with E-state index in [0.717, 1.165) is 13.0 Å². The largest absolute Gasteiger partial charge is 0.467 e. The summed E-state index contributed by atoms with van der Waals surface area (Å²) in [6, 6.07) is 5.94. The van der Waals surface area contributed by atoms with Crippen LogP contribution in [0, 0.1) is 6.92 Å². The Morgan fingerprint density at radius 3 is 2.62 bits per heavy atom. The standard InChI is InChI=1S/C20H28N2O4/c1-13-6-7-16-14(10-13)8-9-21(16)15-11-17(18(23)25-5)22(12-15)19(24)26-20(2,3)4/h6-7,10,15,17H,8-9,11-12H2,1-5H3/t15?,17-/m0/s1. The summed E-state index contributed by atoms with van der Waals surface area (Å²) in [5.74, 6) is -0.387. The number of hydrogen-bond acceptors (Lipinski definition) is 5.